The predicted molar refractivity (Wildman–Crippen MR) is 65.5 cm³/mol. The maximum Gasteiger partial charge on any atom is 0.164 e. The summed E-state index contributed by atoms with van der Waals surface area (Å²) in [6.45, 7) is 0. The summed E-state index contributed by atoms with van der Waals surface area (Å²) >= 11 is 5.82. The minimum absolute atomic E-state index is 0.400. The van der Waals surface area contributed by atoms with E-state index in [4.69, 9.17) is 11.6 Å². The van der Waals surface area contributed by atoms with Gasteiger partial charge >= 0.3 is 0 Å². The van der Waals surface area contributed by atoms with Crippen molar-refractivity contribution >= 4 is 11.6 Å². The van der Waals surface area contributed by atoms with Crippen LogP contribution < -0.4 is 0 Å². The summed E-state index contributed by atoms with van der Waals surface area (Å²) < 4.78 is 12.8. The maximum absolute atomic E-state index is 12.8. The summed E-state index contributed by atoms with van der Waals surface area (Å²) in [7, 11) is 0. The summed E-state index contributed by atoms with van der Waals surface area (Å²) in [5.74, 6) is 4.65. The van der Waals surface area contributed by atoms with Crippen LogP contribution in [0, 0.1) is 17.7 Å². The van der Waals surface area contributed by atoms with E-state index >= 15 is 0 Å². The average molecular weight is 247 g/mol. The molecular formula is C14H8ClFO. The molecule has 0 aliphatic carbocycles. The Morgan fingerprint density at radius 3 is 2.35 bits per heavy atom. The zero-order valence-corrected chi connectivity index (χ0v) is 9.50. The quantitative estimate of drug-likeness (QED) is 0.705. The highest BCUT2D eigenvalue weighted by molar-refractivity contribution is 6.30. The maximum atomic E-state index is 12.8. The Bertz CT molecular complexity index is 611. The molecule has 0 radical (unpaired) electrons. The zero-order chi connectivity index (χ0) is 12.3. The molecule has 1 N–H and O–H groups in total. The standard InChI is InChI=1S/C14H8ClFO/c15-12-3-1-2-10(8-12)4-5-11-6-7-13(16)14(17)9-11/h1-3,6-9,17H. The molecule has 0 unspecified atom stereocenters. The van der Waals surface area contributed by atoms with Crippen molar-refractivity contribution in [1.82, 2.24) is 0 Å². The lowest BCUT2D eigenvalue weighted by atomic mass is 10.2. The van der Waals surface area contributed by atoms with E-state index in [1.54, 1.807) is 18.2 Å². The molecule has 2 aromatic rings. The van der Waals surface area contributed by atoms with Crippen molar-refractivity contribution < 1.29 is 9.50 Å². The van der Waals surface area contributed by atoms with Gasteiger partial charge in [0.1, 0.15) is 0 Å². The first-order valence-electron chi connectivity index (χ1n) is 4.91. The van der Waals surface area contributed by atoms with E-state index in [-0.39, 0.29) is 0 Å². The van der Waals surface area contributed by atoms with Gasteiger partial charge in [0.2, 0.25) is 0 Å². The van der Waals surface area contributed by atoms with Crippen LogP contribution in [-0.4, -0.2) is 5.11 Å². The molecule has 0 fully saturated rings. The van der Waals surface area contributed by atoms with Crippen molar-refractivity contribution in [2.75, 3.05) is 0 Å². The molecular weight excluding hydrogens is 239 g/mol. The van der Waals surface area contributed by atoms with Crippen LogP contribution in [0.25, 0.3) is 0 Å². The van der Waals surface area contributed by atoms with Crippen LogP contribution >= 0.6 is 11.6 Å². The first-order valence-corrected chi connectivity index (χ1v) is 5.29. The molecule has 0 aliphatic rings. The van der Waals surface area contributed by atoms with Crippen molar-refractivity contribution in [3.05, 3.63) is 64.4 Å². The van der Waals surface area contributed by atoms with E-state index < -0.39 is 11.6 Å². The highest BCUT2D eigenvalue weighted by Gasteiger charge is 1.98. The minimum Gasteiger partial charge on any atom is -0.505 e. The lowest BCUT2D eigenvalue weighted by Crippen LogP contribution is -1.79. The summed E-state index contributed by atoms with van der Waals surface area (Å²) in [5.41, 5.74) is 1.31. The molecule has 0 amide bonds. The van der Waals surface area contributed by atoms with Crippen LogP contribution in [-0.2, 0) is 0 Å². The Labute approximate surface area is 103 Å². The molecule has 3 heteroatoms. The summed E-state index contributed by atoms with van der Waals surface area (Å²) in [6, 6.07) is 11.1. The van der Waals surface area contributed by atoms with E-state index in [2.05, 4.69) is 11.8 Å². The number of phenols is 1. The molecule has 0 aromatic heterocycles. The van der Waals surface area contributed by atoms with Crippen LogP contribution in [0.4, 0.5) is 4.39 Å². The normalized spacial score (nSPS) is 9.53. The highest BCUT2D eigenvalue weighted by atomic mass is 35.5. The van der Waals surface area contributed by atoms with Gasteiger partial charge in [0.15, 0.2) is 11.6 Å². The third-order valence-electron chi connectivity index (χ3n) is 2.12. The van der Waals surface area contributed by atoms with Gasteiger partial charge in [-0.05, 0) is 36.4 Å². The van der Waals surface area contributed by atoms with Crippen LogP contribution in [0.5, 0.6) is 5.75 Å². The van der Waals surface area contributed by atoms with Crippen LogP contribution in [0.2, 0.25) is 5.02 Å². The highest BCUT2D eigenvalue weighted by Crippen LogP contribution is 2.16. The topological polar surface area (TPSA) is 20.2 Å². The van der Waals surface area contributed by atoms with Gasteiger partial charge in [-0.2, -0.15) is 0 Å². The number of hydrogen-bond acceptors (Lipinski definition) is 1. The zero-order valence-electron chi connectivity index (χ0n) is 8.74. The molecule has 0 saturated heterocycles. The fourth-order valence-corrected chi connectivity index (χ4v) is 1.49. The minimum atomic E-state index is -0.654. The van der Waals surface area contributed by atoms with E-state index in [1.165, 1.54) is 18.2 Å². The van der Waals surface area contributed by atoms with Gasteiger partial charge in [0.25, 0.3) is 0 Å². The van der Waals surface area contributed by atoms with Gasteiger partial charge in [0.05, 0.1) is 0 Å². The number of halogens is 2. The summed E-state index contributed by atoms with van der Waals surface area (Å²) in [4.78, 5) is 0. The SMILES string of the molecule is Oc1cc(C#Cc2cccc(Cl)c2)ccc1F. The lowest BCUT2D eigenvalue weighted by molar-refractivity contribution is 0.432. The molecule has 0 atom stereocenters. The second kappa shape index (κ2) is 4.90. The number of aromatic hydroxyl groups is 1. The van der Waals surface area contributed by atoms with Gasteiger partial charge in [0, 0.05) is 16.1 Å². The molecule has 0 aliphatic heterocycles. The van der Waals surface area contributed by atoms with Crippen LogP contribution in [0.15, 0.2) is 42.5 Å². The lowest BCUT2D eigenvalue weighted by Gasteiger charge is -1.95. The summed E-state index contributed by atoms with van der Waals surface area (Å²) in [5, 5.41) is 9.79. The molecule has 1 nitrogen and oxygen atoms in total. The van der Waals surface area contributed by atoms with Crippen LogP contribution in [0.3, 0.4) is 0 Å². The average Bonchev–Trinajstić information content (AvgIpc) is 2.31. The van der Waals surface area contributed by atoms with Crippen molar-refractivity contribution in [2.24, 2.45) is 0 Å². The van der Waals surface area contributed by atoms with Gasteiger partial charge in [-0.1, -0.05) is 29.5 Å². The molecule has 2 rings (SSSR count). The Morgan fingerprint density at radius 1 is 1.00 bits per heavy atom. The fraction of sp³-hybridized carbons (Fsp3) is 0. The number of hydrogen-bond donors (Lipinski definition) is 1. The van der Waals surface area contributed by atoms with Gasteiger partial charge < -0.3 is 5.11 Å². The molecule has 0 spiro atoms. The van der Waals surface area contributed by atoms with E-state index in [0.717, 1.165) is 5.56 Å². The first-order chi connectivity index (χ1) is 8.15. The molecule has 2 aromatic carbocycles. The Balaban J connectivity index is 2.30. The van der Waals surface area contributed by atoms with Crippen molar-refractivity contribution in [3.8, 4) is 17.6 Å². The Hall–Kier alpha value is -1.98. The third-order valence-corrected chi connectivity index (χ3v) is 2.36. The molecule has 84 valence electrons. The molecule has 17 heavy (non-hydrogen) atoms. The van der Waals surface area contributed by atoms with E-state index in [1.807, 2.05) is 6.07 Å². The van der Waals surface area contributed by atoms with Crippen molar-refractivity contribution in [1.29, 1.82) is 0 Å². The largest absolute Gasteiger partial charge is 0.505 e. The van der Waals surface area contributed by atoms with Crippen molar-refractivity contribution in [2.45, 2.75) is 0 Å². The van der Waals surface area contributed by atoms with Gasteiger partial charge in [-0.25, -0.2) is 4.39 Å². The van der Waals surface area contributed by atoms with Crippen LogP contribution in [0.1, 0.15) is 11.1 Å². The molecule has 0 heterocycles. The number of benzene rings is 2. The Morgan fingerprint density at radius 2 is 1.71 bits per heavy atom. The monoisotopic (exact) mass is 246 g/mol. The van der Waals surface area contributed by atoms with Gasteiger partial charge in [-0.3, -0.25) is 0 Å². The Kier molecular flexibility index (Phi) is 3.32. The number of phenolic OH excluding ortho intramolecular Hbond substituents is 1. The molecule has 0 saturated carbocycles. The first kappa shape index (κ1) is 11.5. The second-order valence-electron chi connectivity index (χ2n) is 3.43. The fourth-order valence-electron chi connectivity index (χ4n) is 1.30. The smallest absolute Gasteiger partial charge is 0.164 e. The second-order valence-corrected chi connectivity index (χ2v) is 3.86. The number of rotatable bonds is 0. The predicted octanol–water partition coefficient (Wildman–Crippen LogP) is 3.58. The van der Waals surface area contributed by atoms with E-state index in [9.17, 15) is 9.50 Å². The third kappa shape index (κ3) is 2.99. The van der Waals surface area contributed by atoms with Crippen molar-refractivity contribution in [3.63, 3.8) is 0 Å². The van der Waals surface area contributed by atoms with E-state index in [0.29, 0.717) is 10.6 Å². The molecule has 0 bridgehead atoms. The van der Waals surface area contributed by atoms with Gasteiger partial charge in [-0.15, -0.1) is 0 Å². The summed E-state index contributed by atoms with van der Waals surface area (Å²) in [6.07, 6.45) is 0.